The fourth-order valence-electron chi connectivity index (χ4n) is 2.89. The monoisotopic (exact) mass is 463 g/mol. The Morgan fingerprint density at radius 1 is 1.10 bits per heavy atom. The molecule has 1 saturated heterocycles. The molecule has 0 spiro atoms. The van der Waals surface area contributed by atoms with Crippen molar-refractivity contribution < 1.29 is 23.9 Å². The number of amides is 3. The summed E-state index contributed by atoms with van der Waals surface area (Å²) in [5.41, 5.74) is 4.28. The summed E-state index contributed by atoms with van der Waals surface area (Å²) in [5, 5.41) is 4.23. The van der Waals surface area contributed by atoms with Gasteiger partial charge in [0.25, 0.3) is 11.8 Å². The summed E-state index contributed by atoms with van der Waals surface area (Å²) in [4.78, 5) is 48.7. The number of halogens is 2. The smallest absolute Gasteiger partial charge is 0.311 e. The average Bonchev–Trinajstić information content (AvgIpc) is 3.10. The van der Waals surface area contributed by atoms with Crippen LogP contribution < -0.4 is 10.7 Å². The molecule has 0 unspecified atom stereocenters. The van der Waals surface area contributed by atoms with Crippen LogP contribution in [0.2, 0.25) is 10.0 Å². The standard InChI is InChI=1S/C21H19Cl2N3O5/c1-12-2-4-13(5-3-12)20(29)25-26-10-14(8-19(26)28)21(30)31-11-18(27)24-15-6-7-16(22)17(23)9-15/h2-7,9,14H,8,10-11H2,1H3,(H,24,27)(H,25,29)/t14-/m1/s1. The molecule has 31 heavy (non-hydrogen) atoms. The Balaban J connectivity index is 1.48. The summed E-state index contributed by atoms with van der Waals surface area (Å²) in [7, 11) is 0. The Morgan fingerprint density at radius 2 is 1.81 bits per heavy atom. The third kappa shape index (κ3) is 5.96. The molecule has 162 valence electrons. The zero-order valence-electron chi connectivity index (χ0n) is 16.5. The number of carbonyl (C=O) groups excluding carboxylic acids is 4. The Bertz CT molecular complexity index is 1030. The van der Waals surface area contributed by atoms with Crippen molar-refractivity contribution in [3.8, 4) is 0 Å². The van der Waals surface area contributed by atoms with E-state index in [-0.39, 0.29) is 18.0 Å². The molecule has 3 amide bonds. The number of nitrogens with zero attached hydrogens (tertiary/aromatic N) is 1. The molecule has 2 N–H and O–H groups in total. The van der Waals surface area contributed by atoms with Crippen LogP contribution in [0.4, 0.5) is 5.69 Å². The van der Waals surface area contributed by atoms with Crippen molar-refractivity contribution in [1.82, 2.24) is 10.4 Å². The summed E-state index contributed by atoms with van der Waals surface area (Å²) < 4.78 is 5.01. The Labute approximate surface area is 188 Å². The van der Waals surface area contributed by atoms with E-state index in [2.05, 4.69) is 10.7 Å². The van der Waals surface area contributed by atoms with Gasteiger partial charge >= 0.3 is 5.97 Å². The number of anilines is 1. The van der Waals surface area contributed by atoms with Gasteiger partial charge in [-0.1, -0.05) is 40.9 Å². The second-order valence-electron chi connectivity index (χ2n) is 7.00. The molecule has 2 aromatic rings. The van der Waals surface area contributed by atoms with Crippen molar-refractivity contribution in [2.24, 2.45) is 5.92 Å². The maximum Gasteiger partial charge on any atom is 0.311 e. The summed E-state index contributed by atoms with van der Waals surface area (Å²) in [6, 6.07) is 11.4. The van der Waals surface area contributed by atoms with Gasteiger partial charge in [0, 0.05) is 17.7 Å². The van der Waals surface area contributed by atoms with Crippen LogP contribution in [0.1, 0.15) is 22.3 Å². The first-order valence-corrected chi connectivity index (χ1v) is 10.1. The van der Waals surface area contributed by atoms with Crippen LogP contribution in [0.5, 0.6) is 0 Å². The van der Waals surface area contributed by atoms with E-state index in [1.165, 1.54) is 12.1 Å². The second kappa shape index (κ2) is 9.80. The van der Waals surface area contributed by atoms with Gasteiger partial charge in [0.05, 0.1) is 22.5 Å². The summed E-state index contributed by atoms with van der Waals surface area (Å²) in [5.74, 6) is -2.93. The predicted molar refractivity (Wildman–Crippen MR) is 115 cm³/mol. The second-order valence-corrected chi connectivity index (χ2v) is 7.81. The fraction of sp³-hybridized carbons (Fsp3) is 0.238. The molecule has 3 rings (SSSR count). The highest BCUT2D eigenvalue weighted by Gasteiger charge is 2.36. The molecule has 0 aromatic heterocycles. The van der Waals surface area contributed by atoms with Crippen LogP contribution >= 0.6 is 23.2 Å². The van der Waals surface area contributed by atoms with Crippen LogP contribution in [0.3, 0.4) is 0 Å². The fourth-order valence-corrected chi connectivity index (χ4v) is 3.19. The molecule has 10 heteroatoms. The zero-order chi connectivity index (χ0) is 22.5. The van der Waals surface area contributed by atoms with E-state index in [4.69, 9.17) is 27.9 Å². The summed E-state index contributed by atoms with van der Waals surface area (Å²) >= 11 is 11.7. The normalized spacial score (nSPS) is 15.5. The topological polar surface area (TPSA) is 105 Å². The molecule has 1 heterocycles. The number of esters is 1. The molecule has 2 aromatic carbocycles. The number of hydrogen-bond donors (Lipinski definition) is 2. The van der Waals surface area contributed by atoms with Gasteiger partial charge < -0.3 is 10.1 Å². The van der Waals surface area contributed by atoms with Gasteiger partial charge in [0.1, 0.15) is 0 Å². The number of nitrogens with one attached hydrogen (secondary N) is 2. The number of carbonyl (C=O) groups is 4. The van der Waals surface area contributed by atoms with E-state index in [1.54, 1.807) is 30.3 Å². The molecule has 1 fully saturated rings. The van der Waals surface area contributed by atoms with E-state index < -0.39 is 36.2 Å². The van der Waals surface area contributed by atoms with Crippen LogP contribution in [0.25, 0.3) is 0 Å². The van der Waals surface area contributed by atoms with Crippen molar-refractivity contribution in [3.63, 3.8) is 0 Å². The van der Waals surface area contributed by atoms with E-state index in [0.717, 1.165) is 10.6 Å². The first-order chi connectivity index (χ1) is 14.7. The first kappa shape index (κ1) is 22.6. The summed E-state index contributed by atoms with van der Waals surface area (Å²) in [6.45, 7) is 1.33. The van der Waals surface area contributed by atoms with Gasteiger partial charge in [0.2, 0.25) is 5.91 Å². The lowest BCUT2D eigenvalue weighted by Gasteiger charge is -2.17. The molecule has 0 radical (unpaired) electrons. The number of benzene rings is 2. The molecular weight excluding hydrogens is 445 g/mol. The molecule has 0 saturated carbocycles. The minimum absolute atomic E-state index is 0.0380. The molecule has 8 nitrogen and oxygen atoms in total. The zero-order valence-corrected chi connectivity index (χ0v) is 18.0. The average molecular weight is 464 g/mol. The summed E-state index contributed by atoms with van der Waals surface area (Å²) in [6.07, 6.45) is -0.124. The maximum absolute atomic E-state index is 12.3. The first-order valence-electron chi connectivity index (χ1n) is 9.32. The SMILES string of the molecule is Cc1ccc(C(=O)NN2C[C@H](C(=O)OCC(=O)Nc3ccc(Cl)c(Cl)c3)CC2=O)cc1. The van der Waals surface area contributed by atoms with Crippen LogP contribution in [-0.2, 0) is 19.1 Å². The van der Waals surface area contributed by atoms with E-state index in [0.29, 0.717) is 16.3 Å². The quantitative estimate of drug-likeness (QED) is 0.640. The number of ether oxygens (including phenoxy) is 1. The van der Waals surface area contributed by atoms with E-state index >= 15 is 0 Å². The van der Waals surface area contributed by atoms with Crippen LogP contribution in [0.15, 0.2) is 42.5 Å². The number of hydrazine groups is 1. The largest absolute Gasteiger partial charge is 0.455 e. The Kier molecular flexibility index (Phi) is 7.14. The maximum atomic E-state index is 12.3. The van der Waals surface area contributed by atoms with Crippen molar-refractivity contribution in [3.05, 3.63) is 63.6 Å². The van der Waals surface area contributed by atoms with Crippen molar-refractivity contribution in [2.45, 2.75) is 13.3 Å². The molecule has 1 aliphatic rings. The molecule has 1 atom stereocenters. The van der Waals surface area contributed by atoms with Crippen LogP contribution in [-0.4, -0.2) is 41.9 Å². The van der Waals surface area contributed by atoms with Gasteiger partial charge in [-0.3, -0.25) is 29.6 Å². The minimum atomic E-state index is -0.788. The van der Waals surface area contributed by atoms with Gasteiger partial charge in [-0.05, 0) is 37.3 Å². The lowest BCUT2D eigenvalue weighted by Crippen LogP contribution is -2.43. The van der Waals surface area contributed by atoms with Crippen molar-refractivity contribution >= 4 is 52.6 Å². The number of aryl methyl sites for hydroxylation is 1. The molecule has 0 aliphatic carbocycles. The third-order valence-electron chi connectivity index (χ3n) is 4.56. The minimum Gasteiger partial charge on any atom is -0.455 e. The van der Waals surface area contributed by atoms with E-state index in [1.807, 2.05) is 6.92 Å². The van der Waals surface area contributed by atoms with Gasteiger partial charge in [0.15, 0.2) is 6.61 Å². The highest BCUT2D eigenvalue weighted by Crippen LogP contribution is 2.25. The Hall–Kier alpha value is -3.10. The molecular formula is C21H19Cl2N3O5. The lowest BCUT2D eigenvalue weighted by molar-refractivity contribution is -0.151. The third-order valence-corrected chi connectivity index (χ3v) is 5.30. The lowest BCUT2D eigenvalue weighted by atomic mass is 10.1. The highest BCUT2D eigenvalue weighted by atomic mass is 35.5. The Morgan fingerprint density at radius 3 is 2.48 bits per heavy atom. The van der Waals surface area contributed by atoms with Crippen molar-refractivity contribution in [1.29, 1.82) is 0 Å². The molecule has 0 bridgehead atoms. The van der Waals surface area contributed by atoms with Gasteiger partial charge in [-0.15, -0.1) is 0 Å². The highest BCUT2D eigenvalue weighted by molar-refractivity contribution is 6.42. The van der Waals surface area contributed by atoms with Crippen molar-refractivity contribution in [2.75, 3.05) is 18.5 Å². The predicted octanol–water partition coefficient (Wildman–Crippen LogP) is 2.98. The number of hydrogen-bond acceptors (Lipinski definition) is 5. The van der Waals surface area contributed by atoms with Gasteiger partial charge in [-0.25, -0.2) is 0 Å². The molecule has 1 aliphatic heterocycles. The van der Waals surface area contributed by atoms with Gasteiger partial charge in [-0.2, -0.15) is 0 Å². The van der Waals surface area contributed by atoms with E-state index in [9.17, 15) is 19.2 Å². The number of rotatable bonds is 6. The van der Waals surface area contributed by atoms with Crippen LogP contribution in [0, 0.1) is 12.8 Å².